The highest BCUT2D eigenvalue weighted by molar-refractivity contribution is 6.32. The van der Waals surface area contributed by atoms with Crippen LogP contribution in [0.5, 0.6) is 0 Å². The third-order valence-corrected chi connectivity index (χ3v) is 20.6. The fourth-order valence-corrected chi connectivity index (χ4v) is 16.1. The van der Waals surface area contributed by atoms with Gasteiger partial charge in [0.05, 0.1) is 61.0 Å². The highest BCUT2D eigenvalue weighted by Gasteiger charge is 2.30. The molecule has 0 radical (unpaired) electrons. The molecule has 3 heterocycles. The molecule has 0 atom stereocenters. The van der Waals surface area contributed by atoms with Crippen LogP contribution in [-0.4, -0.2) is 9.13 Å². The maximum absolute atomic E-state index is 8.07. The van der Waals surface area contributed by atoms with Crippen LogP contribution < -0.4 is 19.6 Å². The summed E-state index contributed by atoms with van der Waals surface area (Å²) in [6.07, 6.45) is 0. The van der Waals surface area contributed by atoms with Crippen LogP contribution in [0.2, 0.25) is 0 Å². The van der Waals surface area contributed by atoms with Gasteiger partial charge in [0.15, 0.2) is 0 Å². The molecule has 20 rings (SSSR count). The van der Waals surface area contributed by atoms with Crippen molar-refractivity contribution in [2.75, 3.05) is 19.6 Å². The molecule has 0 spiro atoms. The first-order valence-electron chi connectivity index (χ1n) is 35.1. The van der Waals surface area contributed by atoms with Gasteiger partial charge in [-0.1, -0.05) is 218 Å². The zero-order chi connectivity index (χ0) is 67.9. The Hall–Kier alpha value is -13.9. The molecule has 0 saturated carbocycles. The molecular formula is C96H64N6O. The standard InChI is InChI=1S/C96H64N6O/c1-6-33-68(34-7-1)97(84-48-24-30-65-27-16-19-43-78(65)84)73-51-55-75(56-52-73)101-87-47-23-22-46-81(87)92-89(101)62-60-82-93-90(99(70-37-10-3-11-38-70)71-39-12-4-13-40-71)64-91-94(96(93)103-95(82)92)83-63-77(100(72-41-14-5-15-42-72)86-50-26-32-67-29-18-21-45-80(67)86)59-61-88(83)102(91)76-57-53-74(54-58-76)98(69-35-8-2-9-36-69)85-49-25-31-66-28-17-20-44-79(66)85/h1-64H. The second kappa shape index (κ2) is 24.5. The summed E-state index contributed by atoms with van der Waals surface area (Å²) < 4.78 is 12.9. The Labute approximate surface area is 595 Å². The number of furan rings is 1. The summed E-state index contributed by atoms with van der Waals surface area (Å²) in [5, 5.41) is 13.3. The molecule has 0 aliphatic carbocycles. The number of fused-ring (bicyclic) bond motifs is 14. The molecule has 0 fully saturated rings. The van der Waals surface area contributed by atoms with E-state index >= 15 is 0 Å². The minimum absolute atomic E-state index is 0.794. The molecule has 3 aromatic heterocycles. The molecular weight excluding hydrogens is 1250 g/mol. The second-order valence-electron chi connectivity index (χ2n) is 26.4. The molecule has 0 aliphatic heterocycles. The highest BCUT2D eigenvalue weighted by atomic mass is 16.3. The van der Waals surface area contributed by atoms with Gasteiger partial charge >= 0.3 is 0 Å². The average molecular weight is 1320 g/mol. The molecule has 0 N–H and O–H groups in total. The van der Waals surface area contributed by atoms with Gasteiger partial charge in [0.25, 0.3) is 0 Å². The van der Waals surface area contributed by atoms with Gasteiger partial charge < -0.3 is 33.2 Å². The van der Waals surface area contributed by atoms with Gasteiger partial charge in [0.2, 0.25) is 0 Å². The summed E-state index contributed by atoms with van der Waals surface area (Å²) in [7, 11) is 0. The Kier molecular flexibility index (Phi) is 14.1. The summed E-state index contributed by atoms with van der Waals surface area (Å²) in [5.74, 6) is 0. The first-order valence-corrected chi connectivity index (χ1v) is 35.1. The van der Waals surface area contributed by atoms with Crippen LogP contribution in [0.3, 0.4) is 0 Å². The van der Waals surface area contributed by atoms with E-state index in [4.69, 9.17) is 4.42 Å². The number of hydrogen-bond donors (Lipinski definition) is 0. The Morgan fingerprint density at radius 2 is 0.515 bits per heavy atom. The van der Waals surface area contributed by atoms with Crippen molar-refractivity contribution in [2.45, 2.75) is 0 Å². The van der Waals surface area contributed by atoms with Gasteiger partial charge in [-0.3, -0.25) is 0 Å². The Bertz CT molecular complexity index is 6550. The van der Waals surface area contributed by atoms with Crippen LogP contribution in [0, 0.1) is 0 Å². The number of rotatable bonds is 14. The van der Waals surface area contributed by atoms with Crippen LogP contribution in [-0.2, 0) is 0 Å². The van der Waals surface area contributed by atoms with Crippen LogP contribution in [0.15, 0.2) is 393 Å². The lowest BCUT2D eigenvalue weighted by Crippen LogP contribution is -2.11. The van der Waals surface area contributed by atoms with Crippen LogP contribution in [0.1, 0.15) is 0 Å². The van der Waals surface area contributed by atoms with Gasteiger partial charge in [0, 0.05) is 89.2 Å². The molecule has 7 heteroatoms. The molecule has 20 aromatic rings. The summed E-state index contributed by atoms with van der Waals surface area (Å²) in [6, 6.07) is 141. The van der Waals surface area contributed by atoms with Gasteiger partial charge in [-0.25, -0.2) is 0 Å². The molecule has 0 aliphatic rings. The number of nitrogens with zero attached hydrogens (tertiary/aromatic N) is 6. The van der Waals surface area contributed by atoms with Crippen molar-refractivity contribution in [3.05, 3.63) is 388 Å². The molecule has 0 bridgehead atoms. The van der Waals surface area contributed by atoms with Crippen molar-refractivity contribution in [1.29, 1.82) is 0 Å². The zero-order valence-corrected chi connectivity index (χ0v) is 56.0. The van der Waals surface area contributed by atoms with E-state index in [-0.39, 0.29) is 0 Å². The molecule has 103 heavy (non-hydrogen) atoms. The number of anilines is 12. The van der Waals surface area contributed by atoms with E-state index in [1.165, 1.54) is 26.9 Å². The largest absolute Gasteiger partial charge is 0.454 e. The van der Waals surface area contributed by atoms with E-state index < -0.39 is 0 Å². The van der Waals surface area contributed by atoms with Crippen molar-refractivity contribution >= 4 is 166 Å². The Morgan fingerprint density at radius 1 is 0.184 bits per heavy atom. The molecule has 7 nitrogen and oxygen atoms in total. The smallest absolute Gasteiger partial charge is 0.147 e. The SMILES string of the molecule is c1ccc(N(c2ccc(-n3c4ccccc4c4c5oc6c(c(N(c7ccccc7)c7ccccc7)cc7c6c6cc(N(c8ccccc8)c8cccc9ccccc89)ccc6n7-c6ccc(N(c7ccccc7)c7cccc8ccccc78)cc6)c5ccc43)cc2)c2cccc3ccccc23)cc1. The van der Waals surface area contributed by atoms with Gasteiger partial charge in [-0.15, -0.1) is 0 Å². The zero-order valence-electron chi connectivity index (χ0n) is 56.0. The lowest BCUT2D eigenvalue weighted by Gasteiger charge is -2.27. The number of aromatic nitrogens is 2. The molecule has 0 saturated heterocycles. The molecule has 0 unspecified atom stereocenters. The van der Waals surface area contributed by atoms with E-state index in [0.717, 1.165) is 151 Å². The summed E-state index contributed by atoms with van der Waals surface area (Å²) in [5.41, 5.74) is 20.5. The van der Waals surface area contributed by atoms with Crippen LogP contribution >= 0.6 is 0 Å². The average Bonchev–Trinajstić information content (AvgIpc) is 1.53. The van der Waals surface area contributed by atoms with Crippen molar-refractivity contribution < 1.29 is 4.42 Å². The lowest BCUT2D eigenvalue weighted by atomic mass is 10.0. The van der Waals surface area contributed by atoms with E-state index in [1.54, 1.807) is 0 Å². The maximum atomic E-state index is 8.07. The second-order valence-corrected chi connectivity index (χ2v) is 26.4. The summed E-state index contributed by atoms with van der Waals surface area (Å²) >= 11 is 0. The van der Waals surface area contributed by atoms with E-state index in [9.17, 15) is 0 Å². The predicted molar refractivity (Wildman–Crippen MR) is 434 cm³/mol. The maximum Gasteiger partial charge on any atom is 0.147 e. The van der Waals surface area contributed by atoms with E-state index in [1.807, 2.05) is 0 Å². The summed E-state index contributed by atoms with van der Waals surface area (Å²) in [6.45, 7) is 0. The van der Waals surface area contributed by atoms with Crippen LogP contribution in [0.4, 0.5) is 68.2 Å². The highest BCUT2D eigenvalue weighted by Crippen LogP contribution is 2.53. The lowest BCUT2D eigenvalue weighted by molar-refractivity contribution is 0.677. The van der Waals surface area contributed by atoms with Gasteiger partial charge in [-0.2, -0.15) is 0 Å². The van der Waals surface area contributed by atoms with Crippen molar-refractivity contribution in [2.24, 2.45) is 0 Å². The topological polar surface area (TPSA) is 36.0 Å². The molecule has 17 aromatic carbocycles. The van der Waals surface area contributed by atoms with Crippen molar-refractivity contribution in [1.82, 2.24) is 9.13 Å². The summed E-state index contributed by atoms with van der Waals surface area (Å²) in [4.78, 5) is 9.57. The van der Waals surface area contributed by atoms with E-state index in [0.29, 0.717) is 0 Å². The van der Waals surface area contributed by atoms with Gasteiger partial charge in [0.1, 0.15) is 11.2 Å². The normalized spacial score (nSPS) is 11.7. The first kappa shape index (κ1) is 59.2. The van der Waals surface area contributed by atoms with Crippen LogP contribution in [0.25, 0.3) is 109 Å². The quantitative estimate of drug-likeness (QED) is 0.108. The third-order valence-electron chi connectivity index (χ3n) is 20.6. The Balaban J connectivity index is 0.863. The number of hydrogen-bond acceptors (Lipinski definition) is 5. The molecule has 0 amide bonds. The monoisotopic (exact) mass is 1320 g/mol. The molecule has 484 valence electrons. The number of benzene rings is 17. The minimum Gasteiger partial charge on any atom is -0.454 e. The fourth-order valence-electron chi connectivity index (χ4n) is 16.1. The fraction of sp³-hybridized carbons (Fsp3) is 0. The van der Waals surface area contributed by atoms with E-state index in [2.05, 4.69) is 417 Å². The first-order chi connectivity index (χ1) is 51.1. The third kappa shape index (κ3) is 9.81. The van der Waals surface area contributed by atoms with Gasteiger partial charge in [-0.05, 0) is 186 Å². The van der Waals surface area contributed by atoms with Crippen molar-refractivity contribution in [3.63, 3.8) is 0 Å². The predicted octanol–water partition coefficient (Wildman–Crippen LogP) is 27.1. The van der Waals surface area contributed by atoms with Crippen molar-refractivity contribution in [3.8, 4) is 11.4 Å². The number of para-hydroxylation sites is 6. The Morgan fingerprint density at radius 3 is 0.971 bits per heavy atom. The minimum atomic E-state index is 0.794.